The molecule has 0 atom stereocenters. The Kier molecular flexibility index (Phi) is 4.63. The molecule has 1 aliphatic rings. The van der Waals surface area contributed by atoms with Crippen LogP contribution in [0.4, 0.5) is 0 Å². The number of rotatable bonds is 5. The van der Waals surface area contributed by atoms with Crippen LogP contribution < -0.4 is 5.32 Å². The predicted octanol–water partition coefficient (Wildman–Crippen LogP) is 4.47. The highest BCUT2D eigenvalue weighted by atomic mass is 79.9. The van der Waals surface area contributed by atoms with Crippen molar-refractivity contribution < 1.29 is 0 Å². The molecular formula is C15H22BrN. The SMILES string of the molecule is CCC(CC)NC1CC(c2cccc(Br)c2)C1. The van der Waals surface area contributed by atoms with Crippen LogP contribution in [0.1, 0.15) is 51.0 Å². The van der Waals surface area contributed by atoms with Crippen LogP contribution in [0, 0.1) is 0 Å². The van der Waals surface area contributed by atoms with E-state index in [1.54, 1.807) is 0 Å². The van der Waals surface area contributed by atoms with Gasteiger partial charge in [0.15, 0.2) is 0 Å². The van der Waals surface area contributed by atoms with E-state index in [9.17, 15) is 0 Å². The first-order valence-corrected chi connectivity index (χ1v) is 7.53. The average molecular weight is 296 g/mol. The molecule has 0 aliphatic heterocycles. The summed E-state index contributed by atoms with van der Waals surface area (Å²) in [5.41, 5.74) is 1.49. The van der Waals surface area contributed by atoms with Gasteiger partial charge in [-0.1, -0.05) is 41.9 Å². The molecule has 0 amide bonds. The van der Waals surface area contributed by atoms with Crippen molar-refractivity contribution in [2.75, 3.05) is 0 Å². The normalized spacial score (nSPS) is 23.8. The van der Waals surface area contributed by atoms with Crippen molar-refractivity contribution in [2.45, 2.75) is 57.5 Å². The molecule has 1 aliphatic carbocycles. The van der Waals surface area contributed by atoms with E-state index in [4.69, 9.17) is 0 Å². The third-order valence-electron chi connectivity index (χ3n) is 3.92. The van der Waals surface area contributed by atoms with Crippen LogP contribution in [0.3, 0.4) is 0 Å². The number of benzene rings is 1. The van der Waals surface area contributed by atoms with Gasteiger partial charge in [-0.05, 0) is 49.3 Å². The standard InChI is InChI=1S/C15H22BrN/c1-3-14(4-2)17-15-9-12(10-15)11-6-5-7-13(16)8-11/h5-8,12,14-15,17H,3-4,9-10H2,1-2H3. The second kappa shape index (κ2) is 6.01. The highest BCUT2D eigenvalue weighted by Crippen LogP contribution is 2.38. The van der Waals surface area contributed by atoms with Crippen LogP contribution in [0.25, 0.3) is 0 Å². The highest BCUT2D eigenvalue weighted by Gasteiger charge is 2.30. The number of nitrogens with one attached hydrogen (secondary N) is 1. The van der Waals surface area contributed by atoms with Crippen LogP contribution >= 0.6 is 15.9 Å². The van der Waals surface area contributed by atoms with Gasteiger partial charge in [-0.25, -0.2) is 0 Å². The second-order valence-electron chi connectivity index (χ2n) is 5.10. The molecule has 2 rings (SSSR count). The maximum absolute atomic E-state index is 3.76. The van der Waals surface area contributed by atoms with Gasteiger partial charge in [-0.2, -0.15) is 0 Å². The van der Waals surface area contributed by atoms with Crippen LogP contribution in [0.15, 0.2) is 28.7 Å². The van der Waals surface area contributed by atoms with Crippen molar-refractivity contribution in [3.63, 3.8) is 0 Å². The van der Waals surface area contributed by atoms with Gasteiger partial charge in [0.2, 0.25) is 0 Å². The lowest BCUT2D eigenvalue weighted by molar-refractivity contribution is 0.258. The molecular weight excluding hydrogens is 274 g/mol. The topological polar surface area (TPSA) is 12.0 Å². The minimum atomic E-state index is 0.712. The summed E-state index contributed by atoms with van der Waals surface area (Å²) in [5, 5.41) is 3.76. The van der Waals surface area contributed by atoms with E-state index in [-0.39, 0.29) is 0 Å². The average Bonchev–Trinajstić information content (AvgIpc) is 2.28. The minimum Gasteiger partial charge on any atom is -0.311 e. The fourth-order valence-electron chi connectivity index (χ4n) is 2.64. The third-order valence-corrected chi connectivity index (χ3v) is 4.41. The highest BCUT2D eigenvalue weighted by molar-refractivity contribution is 9.10. The maximum atomic E-state index is 3.76. The summed E-state index contributed by atoms with van der Waals surface area (Å²) in [4.78, 5) is 0. The Balaban J connectivity index is 1.82. The fraction of sp³-hybridized carbons (Fsp3) is 0.600. The number of halogens is 1. The lowest BCUT2D eigenvalue weighted by Crippen LogP contribution is -2.45. The van der Waals surface area contributed by atoms with Crippen LogP contribution in [-0.2, 0) is 0 Å². The first-order chi connectivity index (χ1) is 8.22. The van der Waals surface area contributed by atoms with Crippen LogP contribution in [0.5, 0.6) is 0 Å². The van der Waals surface area contributed by atoms with Crippen molar-refractivity contribution in [2.24, 2.45) is 0 Å². The molecule has 1 N–H and O–H groups in total. The van der Waals surface area contributed by atoms with Crippen LogP contribution in [0.2, 0.25) is 0 Å². The van der Waals surface area contributed by atoms with E-state index in [2.05, 4.69) is 59.4 Å². The zero-order valence-corrected chi connectivity index (χ0v) is 12.3. The quantitative estimate of drug-likeness (QED) is 0.845. The molecule has 0 saturated heterocycles. The smallest absolute Gasteiger partial charge is 0.0178 e. The van der Waals surface area contributed by atoms with Crippen molar-refractivity contribution in [3.05, 3.63) is 34.3 Å². The summed E-state index contributed by atoms with van der Waals surface area (Å²) in [6.07, 6.45) is 5.09. The van der Waals surface area contributed by atoms with Crippen LogP contribution in [-0.4, -0.2) is 12.1 Å². The molecule has 17 heavy (non-hydrogen) atoms. The second-order valence-corrected chi connectivity index (χ2v) is 6.02. The lowest BCUT2D eigenvalue weighted by atomic mass is 9.75. The molecule has 0 spiro atoms. The minimum absolute atomic E-state index is 0.712. The molecule has 0 radical (unpaired) electrons. The summed E-state index contributed by atoms with van der Waals surface area (Å²) < 4.78 is 1.20. The van der Waals surface area contributed by atoms with Crippen molar-refractivity contribution in [1.82, 2.24) is 5.32 Å². The summed E-state index contributed by atoms with van der Waals surface area (Å²) in [6.45, 7) is 4.54. The zero-order chi connectivity index (χ0) is 12.3. The molecule has 1 fully saturated rings. The van der Waals surface area contributed by atoms with E-state index in [0.717, 1.165) is 12.0 Å². The lowest BCUT2D eigenvalue weighted by Gasteiger charge is -2.38. The first-order valence-electron chi connectivity index (χ1n) is 6.74. The van der Waals surface area contributed by atoms with Gasteiger partial charge in [-0.15, -0.1) is 0 Å². The Bertz CT molecular complexity index is 354. The Morgan fingerprint density at radius 1 is 1.29 bits per heavy atom. The molecule has 2 heteroatoms. The van der Waals surface area contributed by atoms with E-state index < -0.39 is 0 Å². The molecule has 0 bridgehead atoms. The molecule has 1 aromatic rings. The number of hydrogen-bond acceptors (Lipinski definition) is 1. The Hall–Kier alpha value is -0.340. The maximum Gasteiger partial charge on any atom is 0.0178 e. The van der Waals surface area contributed by atoms with Crippen molar-refractivity contribution >= 4 is 15.9 Å². The molecule has 0 heterocycles. The van der Waals surface area contributed by atoms with E-state index in [1.807, 2.05) is 0 Å². The molecule has 1 aromatic carbocycles. The Labute approximate surface area is 113 Å². The van der Waals surface area contributed by atoms with Crippen molar-refractivity contribution in [3.8, 4) is 0 Å². The zero-order valence-electron chi connectivity index (χ0n) is 10.7. The van der Waals surface area contributed by atoms with Crippen molar-refractivity contribution in [1.29, 1.82) is 0 Å². The van der Waals surface area contributed by atoms with Gasteiger partial charge in [0.25, 0.3) is 0 Å². The molecule has 94 valence electrons. The Morgan fingerprint density at radius 2 is 2.00 bits per heavy atom. The summed E-state index contributed by atoms with van der Waals surface area (Å²) in [5.74, 6) is 0.763. The van der Waals surface area contributed by atoms with E-state index in [0.29, 0.717) is 6.04 Å². The fourth-order valence-corrected chi connectivity index (χ4v) is 3.06. The summed E-state index contributed by atoms with van der Waals surface area (Å²) in [6, 6.07) is 10.2. The van der Waals surface area contributed by atoms with Gasteiger partial charge < -0.3 is 5.32 Å². The molecule has 1 saturated carbocycles. The van der Waals surface area contributed by atoms with Gasteiger partial charge in [-0.3, -0.25) is 0 Å². The molecule has 0 aromatic heterocycles. The van der Waals surface area contributed by atoms with Gasteiger partial charge >= 0.3 is 0 Å². The van der Waals surface area contributed by atoms with Gasteiger partial charge in [0.05, 0.1) is 0 Å². The third kappa shape index (κ3) is 3.32. The van der Waals surface area contributed by atoms with Gasteiger partial charge in [0, 0.05) is 16.6 Å². The largest absolute Gasteiger partial charge is 0.311 e. The molecule has 0 unspecified atom stereocenters. The Morgan fingerprint density at radius 3 is 2.59 bits per heavy atom. The number of hydrogen-bond donors (Lipinski definition) is 1. The first kappa shape index (κ1) is 13.1. The predicted molar refractivity (Wildman–Crippen MR) is 77.4 cm³/mol. The summed E-state index contributed by atoms with van der Waals surface area (Å²) in [7, 11) is 0. The van der Waals surface area contributed by atoms with Gasteiger partial charge in [0.1, 0.15) is 0 Å². The van der Waals surface area contributed by atoms with E-state index in [1.165, 1.54) is 35.7 Å². The monoisotopic (exact) mass is 295 g/mol. The summed E-state index contributed by atoms with van der Waals surface area (Å²) >= 11 is 3.55. The van der Waals surface area contributed by atoms with E-state index >= 15 is 0 Å². The molecule has 1 nitrogen and oxygen atoms in total.